The summed E-state index contributed by atoms with van der Waals surface area (Å²) in [5.74, 6) is -1.32. The summed E-state index contributed by atoms with van der Waals surface area (Å²) in [5, 5.41) is 18.7. The van der Waals surface area contributed by atoms with E-state index in [2.05, 4.69) is 10.4 Å². The van der Waals surface area contributed by atoms with Gasteiger partial charge >= 0.3 is 0 Å². The SMILES string of the molecule is C[C@@H]1[C@@H]([Si](C)(C)F)[C@H](CC(=O)N2CCC[C@H]2CO)O[C@@]12C(=O)Nc1ccc(N3N=C(c4ccccc4)CCC3=O)cc12. The second-order valence-electron chi connectivity index (χ2n) is 12.3. The van der Waals surface area contributed by atoms with Crippen molar-refractivity contribution in [2.24, 2.45) is 11.0 Å². The summed E-state index contributed by atoms with van der Waals surface area (Å²) in [6.45, 7) is 5.44. The molecule has 4 aliphatic heterocycles. The van der Waals surface area contributed by atoms with Crippen LogP contribution in [0.15, 0.2) is 53.6 Å². The van der Waals surface area contributed by atoms with Gasteiger partial charge < -0.3 is 24.2 Å². The van der Waals surface area contributed by atoms with Crippen LogP contribution < -0.4 is 10.3 Å². The van der Waals surface area contributed by atoms with Crippen molar-refractivity contribution in [1.29, 1.82) is 0 Å². The van der Waals surface area contributed by atoms with Crippen LogP contribution in [0.2, 0.25) is 18.6 Å². The van der Waals surface area contributed by atoms with Gasteiger partial charge in [0.1, 0.15) is 0 Å². The number of aliphatic hydroxyl groups is 1. The Balaban J connectivity index is 1.36. The van der Waals surface area contributed by atoms with Crippen LogP contribution in [0.5, 0.6) is 0 Å². The number of aliphatic hydroxyl groups excluding tert-OH is 1. The molecule has 5 atom stereocenters. The van der Waals surface area contributed by atoms with Crippen LogP contribution in [0, 0.1) is 5.92 Å². The first-order valence-electron chi connectivity index (χ1n) is 14.7. The Morgan fingerprint density at radius 1 is 1.19 bits per heavy atom. The van der Waals surface area contributed by atoms with Crippen molar-refractivity contribution >= 4 is 43.2 Å². The Hall–Kier alpha value is -3.41. The van der Waals surface area contributed by atoms with Gasteiger partial charge in [0, 0.05) is 42.1 Å². The molecule has 0 saturated carbocycles. The molecule has 0 aliphatic carbocycles. The molecule has 2 N–H and O–H groups in total. The van der Waals surface area contributed by atoms with E-state index in [0.29, 0.717) is 36.3 Å². The highest BCUT2D eigenvalue weighted by atomic mass is 28.4. The van der Waals surface area contributed by atoms with Gasteiger partial charge in [0.25, 0.3) is 5.91 Å². The number of nitrogens with zero attached hydrogens (tertiary/aromatic N) is 3. The predicted octanol–water partition coefficient (Wildman–Crippen LogP) is 4.32. The van der Waals surface area contributed by atoms with E-state index in [0.717, 1.165) is 24.1 Å². The van der Waals surface area contributed by atoms with Crippen LogP contribution in [-0.4, -0.2) is 67.1 Å². The largest absolute Gasteiger partial charge is 0.394 e. The molecule has 222 valence electrons. The first-order chi connectivity index (χ1) is 20.0. The first kappa shape index (κ1) is 28.7. The quantitative estimate of drug-likeness (QED) is 0.384. The number of hydrazone groups is 1. The van der Waals surface area contributed by atoms with E-state index in [1.54, 1.807) is 36.2 Å². The third-order valence-corrected chi connectivity index (χ3v) is 11.8. The van der Waals surface area contributed by atoms with Crippen molar-refractivity contribution in [2.45, 2.75) is 75.4 Å². The van der Waals surface area contributed by atoms with Crippen molar-refractivity contribution in [1.82, 2.24) is 4.90 Å². The lowest BCUT2D eigenvalue weighted by atomic mass is 9.82. The number of hydrogen-bond acceptors (Lipinski definition) is 6. The number of ether oxygens (including phenoxy) is 1. The molecule has 9 nitrogen and oxygen atoms in total. The molecule has 0 radical (unpaired) electrons. The number of amides is 3. The zero-order valence-electron chi connectivity index (χ0n) is 24.2. The monoisotopic (exact) mass is 592 g/mol. The lowest BCUT2D eigenvalue weighted by molar-refractivity contribution is -0.148. The molecule has 0 aromatic heterocycles. The molecule has 1 spiro atoms. The van der Waals surface area contributed by atoms with E-state index < -0.39 is 37.5 Å². The highest BCUT2D eigenvalue weighted by molar-refractivity contribution is 6.72. The van der Waals surface area contributed by atoms with Crippen molar-refractivity contribution in [2.75, 3.05) is 23.5 Å². The number of anilines is 2. The average Bonchev–Trinajstić information content (AvgIpc) is 3.64. The van der Waals surface area contributed by atoms with E-state index in [1.807, 2.05) is 37.3 Å². The lowest BCUT2D eigenvalue weighted by Gasteiger charge is -2.31. The normalized spacial score (nSPS) is 29.2. The molecule has 2 fully saturated rings. The van der Waals surface area contributed by atoms with Gasteiger partial charge in [-0.1, -0.05) is 37.3 Å². The smallest absolute Gasteiger partial charge is 0.261 e. The van der Waals surface area contributed by atoms with Gasteiger partial charge in [-0.3, -0.25) is 14.4 Å². The van der Waals surface area contributed by atoms with Gasteiger partial charge in [-0.2, -0.15) is 5.10 Å². The standard InChI is InChI=1S/C31H37FN4O5Si/c1-19-29(42(2,3)32)26(17-28(39)35-15-7-10-22(35)18-37)41-31(19)23-16-21(11-12-25(23)33-30(31)40)36-27(38)14-13-24(34-36)20-8-5-4-6-9-20/h4-6,8-9,11-12,16,19,22,26,29,37H,7,10,13-15,17-18H2,1-3H3,(H,33,40)/t19-,22+,26+,29-,31+/m1/s1. The minimum absolute atomic E-state index is 0.0642. The van der Waals surface area contributed by atoms with E-state index in [-0.39, 0.29) is 30.9 Å². The van der Waals surface area contributed by atoms with Crippen LogP contribution in [0.4, 0.5) is 15.5 Å². The predicted molar refractivity (Wildman–Crippen MR) is 159 cm³/mol. The summed E-state index contributed by atoms with van der Waals surface area (Å²) >= 11 is 0. The third kappa shape index (κ3) is 4.67. The molecule has 6 rings (SSSR count). The number of carbonyl (C=O) groups excluding carboxylic acids is 3. The number of hydrogen-bond donors (Lipinski definition) is 2. The van der Waals surface area contributed by atoms with Gasteiger partial charge in [0.2, 0.25) is 20.2 Å². The zero-order valence-corrected chi connectivity index (χ0v) is 25.2. The second-order valence-corrected chi connectivity index (χ2v) is 16.1. The maximum Gasteiger partial charge on any atom is 0.261 e. The Morgan fingerprint density at radius 2 is 1.95 bits per heavy atom. The highest BCUT2D eigenvalue weighted by Crippen LogP contribution is 2.59. The molecular weight excluding hydrogens is 555 g/mol. The van der Waals surface area contributed by atoms with Gasteiger partial charge in [-0.25, -0.2) is 5.01 Å². The topological polar surface area (TPSA) is 112 Å². The Kier molecular flexibility index (Phi) is 7.31. The number of nitrogens with one attached hydrogen (secondary N) is 1. The summed E-state index contributed by atoms with van der Waals surface area (Å²) in [7, 11) is -3.44. The molecule has 0 unspecified atom stereocenters. The number of rotatable bonds is 6. The summed E-state index contributed by atoms with van der Waals surface area (Å²) in [6.07, 6.45) is 1.47. The number of halogens is 1. The van der Waals surface area contributed by atoms with Crippen molar-refractivity contribution in [3.63, 3.8) is 0 Å². The molecule has 4 aliphatic rings. The van der Waals surface area contributed by atoms with E-state index >= 15 is 4.11 Å². The first-order valence-corrected chi connectivity index (χ1v) is 17.7. The third-order valence-electron chi connectivity index (χ3n) is 9.37. The van der Waals surface area contributed by atoms with Gasteiger partial charge in [-0.15, -0.1) is 0 Å². The maximum atomic E-state index is 16.0. The number of benzene rings is 2. The molecule has 3 amide bonds. The number of fused-ring (bicyclic) bond motifs is 2. The Labute approximate surface area is 245 Å². The van der Waals surface area contributed by atoms with Crippen LogP contribution in [0.1, 0.15) is 50.2 Å². The van der Waals surface area contributed by atoms with Crippen LogP contribution in [0.3, 0.4) is 0 Å². The fourth-order valence-corrected chi connectivity index (χ4v) is 9.92. The average molecular weight is 593 g/mol. The van der Waals surface area contributed by atoms with E-state index in [9.17, 15) is 19.5 Å². The molecule has 4 heterocycles. The van der Waals surface area contributed by atoms with Crippen molar-refractivity contribution < 1.29 is 28.3 Å². The lowest BCUT2D eigenvalue weighted by Crippen LogP contribution is -2.42. The Bertz CT molecular complexity index is 1450. The summed E-state index contributed by atoms with van der Waals surface area (Å²) in [5.41, 5.74) is 1.15. The van der Waals surface area contributed by atoms with Gasteiger partial charge in [0.05, 0.1) is 36.6 Å². The minimum Gasteiger partial charge on any atom is -0.394 e. The fourth-order valence-electron chi connectivity index (χ4n) is 7.42. The van der Waals surface area contributed by atoms with Gasteiger partial charge in [-0.05, 0) is 49.7 Å². The molecule has 0 bridgehead atoms. The highest BCUT2D eigenvalue weighted by Gasteiger charge is 2.65. The maximum absolute atomic E-state index is 16.0. The zero-order chi connectivity index (χ0) is 29.8. The van der Waals surface area contributed by atoms with Crippen LogP contribution in [0.25, 0.3) is 0 Å². The number of carbonyl (C=O) groups is 3. The second kappa shape index (κ2) is 10.7. The molecule has 2 aromatic rings. The van der Waals surface area contributed by atoms with Crippen molar-refractivity contribution in [3.05, 3.63) is 59.7 Å². The molecule has 2 aromatic carbocycles. The Morgan fingerprint density at radius 3 is 2.67 bits per heavy atom. The van der Waals surface area contributed by atoms with Crippen LogP contribution >= 0.6 is 0 Å². The summed E-state index contributed by atoms with van der Waals surface area (Å²) < 4.78 is 22.6. The van der Waals surface area contributed by atoms with E-state index in [1.165, 1.54) is 5.01 Å². The minimum atomic E-state index is -3.44. The fraction of sp³-hybridized carbons (Fsp3) is 0.484. The number of likely N-dealkylation sites (tertiary alicyclic amines) is 1. The van der Waals surface area contributed by atoms with Crippen LogP contribution in [-0.2, 0) is 24.7 Å². The summed E-state index contributed by atoms with van der Waals surface area (Å²) in [6, 6.07) is 14.6. The molecular formula is C31H37FN4O5Si. The summed E-state index contributed by atoms with van der Waals surface area (Å²) in [4.78, 5) is 41.8. The molecule has 42 heavy (non-hydrogen) atoms. The van der Waals surface area contributed by atoms with Gasteiger partial charge in [0.15, 0.2) is 5.60 Å². The molecule has 11 heteroatoms. The molecule has 2 saturated heterocycles. The van der Waals surface area contributed by atoms with E-state index in [4.69, 9.17) is 4.74 Å². The van der Waals surface area contributed by atoms with Crippen molar-refractivity contribution in [3.8, 4) is 0 Å².